The van der Waals surface area contributed by atoms with Crippen LogP contribution < -0.4 is 0 Å². The first-order chi connectivity index (χ1) is 17.7. The van der Waals surface area contributed by atoms with Crippen molar-refractivity contribution in [2.75, 3.05) is 0 Å². The predicted octanol–water partition coefficient (Wildman–Crippen LogP) is 2.37. The van der Waals surface area contributed by atoms with Gasteiger partial charge in [-0.3, -0.25) is 9.59 Å². The van der Waals surface area contributed by atoms with E-state index in [9.17, 15) is 19.5 Å². The average Bonchev–Trinajstić information content (AvgIpc) is 3.49. The summed E-state index contributed by atoms with van der Waals surface area (Å²) in [6.07, 6.45) is 3.55. The lowest BCUT2D eigenvalue weighted by Crippen LogP contribution is -2.61. The SMILES string of the molecule is CC1=CC(C2OC34CCC56CC78OC(=O)CC7OC(C)(C)C8CCC5C3(C)C(O)(O6)C(=O)C4C2C)OC1=O. The van der Waals surface area contributed by atoms with Gasteiger partial charge in [0.2, 0.25) is 5.79 Å². The van der Waals surface area contributed by atoms with E-state index in [1.807, 2.05) is 13.8 Å². The first-order valence-electron chi connectivity index (χ1n) is 14.2. The molecule has 2 bridgehead atoms. The van der Waals surface area contributed by atoms with Crippen molar-refractivity contribution in [2.45, 2.75) is 120 Å². The van der Waals surface area contributed by atoms with E-state index < -0.39 is 51.7 Å². The van der Waals surface area contributed by atoms with Crippen LogP contribution in [0.25, 0.3) is 0 Å². The summed E-state index contributed by atoms with van der Waals surface area (Å²) >= 11 is 0. The molecule has 2 spiro atoms. The lowest BCUT2D eigenvalue weighted by molar-refractivity contribution is -0.252. The number of rotatable bonds is 1. The van der Waals surface area contributed by atoms with E-state index in [0.29, 0.717) is 31.3 Å². The van der Waals surface area contributed by atoms with Crippen LogP contribution in [0.1, 0.15) is 73.1 Å². The van der Waals surface area contributed by atoms with Crippen LogP contribution in [0.15, 0.2) is 11.6 Å². The van der Waals surface area contributed by atoms with Gasteiger partial charge in [-0.25, -0.2) is 4.79 Å². The number of Topliss-reactive ketones (excluding diaryl/α,β-unsaturated/α-hetero) is 1. The summed E-state index contributed by atoms with van der Waals surface area (Å²) < 4.78 is 31.9. The second-order valence-electron chi connectivity index (χ2n) is 14.1. The average molecular weight is 529 g/mol. The summed E-state index contributed by atoms with van der Waals surface area (Å²) in [6.45, 7) is 9.80. The van der Waals surface area contributed by atoms with Crippen LogP contribution >= 0.6 is 0 Å². The van der Waals surface area contributed by atoms with Crippen molar-refractivity contribution < 1.29 is 43.2 Å². The second kappa shape index (κ2) is 6.56. The summed E-state index contributed by atoms with van der Waals surface area (Å²) in [5, 5.41) is 12.3. The molecule has 0 aromatic rings. The molecule has 206 valence electrons. The van der Waals surface area contributed by atoms with Gasteiger partial charge in [0.15, 0.2) is 5.78 Å². The van der Waals surface area contributed by atoms with Crippen molar-refractivity contribution in [3.05, 3.63) is 11.6 Å². The molecule has 9 nitrogen and oxygen atoms in total. The monoisotopic (exact) mass is 528 g/mol. The molecule has 0 amide bonds. The fourth-order valence-corrected chi connectivity index (χ4v) is 11.0. The van der Waals surface area contributed by atoms with E-state index >= 15 is 0 Å². The standard InChI is InChI=1S/C29H36O9/c1-13-10-15(34-23(13)32)21-14(2)20-22(31)29(33)25(5)17-7-6-16-24(3,4)35-18-11-19(30)36-27(16,18)12-26(17,38-29)8-9-28(20,25)37-21/h10,14-18,20-21,33H,6-9,11-12H2,1-5H3. The topological polar surface area (TPSA) is 118 Å². The molecule has 1 N–H and O–H groups in total. The van der Waals surface area contributed by atoms with Crippen molar-refractivity contribution in [1.82, 2.24) is 0 Å². The van der Waals surface area contributed by atoms with Crippen LogP contribution in [0, 0.1) is 29.1 Å². The van der Waals surface area contributed by atoms with Crippen molar-refractivity contribution in [3.63, 3.8) is 0 Å². The smallest absolute Gasteiger partial charge is 0.334 e. The van der Waals surface area contributed by atoms with Crippen LogP contribution in [0.4, 0.5) is 0 Å². The number of aliphatic hydroxyl groups is 1. The van der Waals surface area contributed by atoms with Crippen LogP contribution in [0.5, 0.6) is 0 Å². The van der Waals surface area contributed by atoms with E-state index in [2.05, 4.69) is 13.8 Å². The highest BCUT2D eigenvalue weighted by atomic mass is 16.7. The normalized spacial score (nSPS) is 59.1. The summed E-state index contributed by atoms with van der Waals surface area (Å²) in [6, 6.07) is 0. The summed E-state index contributed by atoms with van der Waals surface area (Å²) in [5.74, 6) is -3.96. The Labute approximate surface area is 221 Å². The quantitative estimate of drug-likeness (QED) is 0.512. The Kier molecular flexibility index (Phi) is 4.15. The Morgan fingerprint density at radius 2 is 1.76 bits per heavy atom. The Bertz CT molecular complexity index is 1240. The third-order valence-corrected chi connectivity index (χ3v) is 12.4. The first kappa shape index (κ1) is 24.0. The van der Waals surface area contributed by atoms with Crippen molar-refractivity contribution in [2.24, 2.45) is 29.1 Å². The van der Waals surface area contributed by atoms with Gasteiger partial charge < -0.3 is 28.8 Å². The molecule has 5 heterocycles. The predicted molar refractivity (Wildman–Crippen MR) is 128 cm³/mol. The number of hydrogen-bond acceptors (Lipinski definition) is 9. The Balaban J connectivity index is 1.24. The highest BCUT2D eigenvalue weighted by molar-refractivity contribution is 5.95. The molecule has 12 unspecified atom stereocenters. The minimum Gasteiger partial charge on any atom is -0.456 e. The molecular weight excluding hydrogens is 492 g/mol. The maximum atomic E-state index is 14.2. The van der Waals surface area contributed by atoms with Gasteiger partial charge in [-0.15, -0.1) is 0 Å². The van der Waals surface area contributed by atoms with Crippen molar-refractivity contribution in [1.29, 1.82) is 0 Å². The van der Waals surface area contributed by atoms with Gasteiger partial charge >= 0.3 is 11.9 Å². The number of ketones is 1. The van der Waals surface area contributed by atoms with Gasteiger partial charge in [0.25, 0.3) is 0 Å². The Hall–Kier alpha value is -1.81. The Morgan fingerprint density at radius 3 is 2.47 bits per heavy atom. The molecule has 8 aliphatic rings. The lowest BCUT2D eigenvalue weighted by Gasteiger charge is -2.53. The molecule has 0 aromatic heterocycles. The van der Waals surface area contributed by atoms with E-state index in [0.717, 1.165) is 6.42 Å². The summed E-state index contributed by atoms with van der Waals surface area (Å²) in [4.78, 5) is 39.0. The van der Waals surface area contributed by atoms with Gasteiger partial charge in [0.05, 0.1) is 34.6 Å². The van der Waals surface area contributed by atoms with Gasteiger partial charge in [-0.1, -0.05) is 13.8 Å². The van der Waals surface area contributed by atoms with Gasteiger partial charge in [0.1, 0.15) is 23.9 Å². The zero-order chi connectivity index (χ0) is 26.8. The van der Waals surface area contributed by atoms with Crippen LogP contribution in [-0.4, -0.2) is 69.3 Å². The number of ether oxygens (including phenoxy) is 5. The lowest BCUT2D eigenvalue weighted by atomic mass is 9.52. The highest BCUT2D eigenvalue weighted by Gasteiger charge is 2.91. The molecule has 8 rings (SSSR count). The molecular formula is C29H36O9. The number of carbonyl (C=O) groups excluding carboxylic acids is 3. The molecule has 3 aliphatic carbocycles. The number of carbonyl (C=O) groups is 3. The minimum absolute atomic E-state index is 0.0154. The van der Waals surface area contributed by atoms with Gasteiger partial charge in [-0.2, -0.15) is 0 Å². The number of esters is 2. The van der Waals surface area contributed by atoms with Crippen molar-refractivity contribution in [3.8, 4) is 0 Å². The van der Waals surface area contributed by atoms with Crippen LogP contribution in [0.3, 0.4) is 0 Å². The maximum Gasteiger partial charge on any atom is 0.334 e. The maximum absolute atomic E-state index is 14.2. The molecule has 12 atom stereocenters. The van der Waals surface area contributed by atoms with Crippen molar-refractivity contribution >= 4 is 17.7 Å². The third kappa shape index (κ3) is 2.26. The summed E-state index contributed by atoms with van der Waals surface area (Å²) in [7, 11) is 0. The zero-order valence-corrected chi connectivity index (χ0v) is 22.6. The molecule has 3 saturated carbocycles. The summed E-state index contributed by atoms with van der Waals surface area (Å²) in [5.41, 5.74) is -3.52. The van der Waals surface area contributed by atoms with Gasteiger partial charge in [-0.05, 0) is 58.4 Å². The fourth-order valence-electron chi connectivity index (χ4n) is 11.0. The molecule has 0 radical (unpaired) electrons. The van der Waals surface area contributed by atoms with E-state index in [1.165, 1.54) is 0 Å². The molecule has 38 heavy (non-hydrogen) atoms. The minimum atomic E-state index is -1.99. The van der Waals surface area contributed by atoms with Crippen LogP contribution in [-0.2, 0) is 38.1 Å². The molecule has 9 heteroatoms. The number of hydrogen-bond donors (Lipinski definition) is 1. The highest BCUT2D eigenvalue weighted by Crippen LogP contribution is 2.79. The molecule has 4 saturated heterocycles. The van der Waals surface area contributed by atoms with E-state index in [-0.39, 0.29) is 48.0 Å². The van der Waals surface area contributed by atoms with E-state index in [4.69, 9.17) is 23.7 Å². The fraction of sp³-hybridized carbons (Fsp3) is 0.828. The second-order valence-corrected chi connectivity index (χ2v) is 14.1. The largest absolute Gasteiger partial charge is 0.456 e. The zero-order valence-electron chi connectivity index (χ0n) is 22.6. The van der Waals surface area contributed by atoms with Crippen LogP contribution in [0.2, 0.25) is 0 Å². The Morgan fingerprint density at radius 1 is 1.03 bits per heavy atom. The molecule has 0 aromatic carbocycles. The first-order valence-corrected chi connectivity index (χ1v) is 14.2. The molecule has 5 aliphatic heterocycles. The third-order valence-electron chi connectivity index (χ3n) is 12.4. The number of cyclic esters (lactones) is 1. The van der Waals surface area contributed by atoms with E-state index in [1.54, 1.807) is 13.0 Å². The van der Waals surface area contributed by atoms with Gasteiger partial charge in [0, 0.05) is 23.8 Å². The molecule has 7 fully saturated rings.